The molecule has 0 spiro atoms. The summed E-state index contributed by atoms with van der Waals surface area (Å²) in [4.78, 5) is 11.4. The fourth-order valence-electron chi connectivity index (χ4n) is 1.26. The van der Waals surface area contributed by atoms with E-state index < -0.39 is 10.0 Å². The van der Waals surface area contributed by atoms with Crippen LogP contribution in [-0.4, -0.2) is 23.4 Å². The van der Waals surface area contributed by atoms with Crippen LogP contribution in [0.15, 0.2) is 41.9 Å². The quantitative estimate of drug-likeness (QED) is 0.813. The van der Waals surface area contributed by atoms with E-state index in [2.05, 4.69) is 19.7 Å². The van der Waals surface area contributed by atoms with Crippen LogP contribution in [0.25, 0.3) is 0 Å². The molecule has 7 nitrogen and oxygen atoms in total. The Bertz CT molecular complexity index is 612. The Balaban J connectivity index is 2.25. The van der Waals surface area contributed by atoms with E-state index in [4.69, 9.17) is 5.73 Å². The van der Waals surface area contributed by atoms with E-state index in [0.717, 1.165) is 0 Å². The molecule has 0 saturated carbocycles. The Labute approximate surface area is 104 Å². The van der Waals surface area contributed by atoms with Crippen molar-refractivity contribution in [1.82, 2.24) is 15.0 Å². The van der Waals surface area contributed by atoms with Gasteiger partial charge in [0.15, 0.2) is 0 Å². The molecule has 18 heavy (non-hydrogen) atoms. The largest absolute Gasteiger partial charge is 0.325 e. The number of hydrogen-bond donors (Lipinski definition) is 2. The zero-order valence-corrected chi connectivity index (χ0v) is 10.1. The summed E-state index contributed by atoms with van der Waals surface area (Å²) in [5.74, 6) is 0. The van der Waals surface area contributed by atoms with Crippen LogP contribution < -0.4 is 10.5 Å². The summed E-state index contributed by atoms with van der Waals surface area (Å²) in [5, 5.41) is 0. The molecule has 0 amide bonds. The van der Waals surface area contributed by atoms with Gasteiger partial charge in [-0.3, -0.25) is 9.71 Å². The molecule has 94 valence electrons. The molecule has 0 saturated heterocycles. The van der Waals surface area contributed by atoms with E-state index in [1.54, 1.807) is 6.07 Å². The number of hydrogen-bond acceptors (Lipinski definition) is 6. The van der Waals surface area contributed by atoms with Gasteiger partial charge < -0.3 is 5.73 Å². The lowest BCUT2D eigenvalue weighted by atomic mass is 10.4. The summed E-state index contributed by atoms with van der Waals surface area (Å²) in [6.45, 7) is 0.264. The first kappa shape index (κ1) is 12.4. The van der Waals surface area contributed by atoms with Gasteiger partial charge in [-0.05, 0) is 12.1 Å². The minimum Gasteiger partial charge on any atom is -0.325 e. The van der Waals surface area contributed by atoms with Crippen molar-refractivity contribution in [3.63, 3.8) is 0 Å². The lowest BCUT2D eigenvalue weighted by molar-refractivity contribution is 0.600. The van der Waals surface area contributed by atoms with Crippen molar-refractivity contribution in [3.05, 3.63) is 42.7 Å². The van der Waals surface area contributed by atoms with Crippen LogP contribution in [-0.2, 0) is 16.6 Å². The third kappa shape index (κ3) is 2.79. The molecule has 3 N–H and O–H groups in total. The molecule has 0 aromatic carbocycles. The summed E-state index contributed by atoms with van der Waals surface area (Å²) < 4.78 is 26.3. The highest BCUT2D eigenvalue weighted by atomic mass is 32.2. The fourth-order valence-corrected chi connectivity index (χ4v) is 2.23. The van der Waals surface area contributed by atoms with Gasteiger partial charge in [-0.2, -0.15) is 0 Å². The second kappa shape index (κ2) is 5.07. The van der Waals surface area contributed by atoms with Gasteiger partial charge in [-0.1, -0.05) is 0 Å². The minimum absolute atomic E-state index is 0.0588. The van der Waals surface area contributed by atoms with Crippen LogP contribution in [0.5, 0.6) is 0 Å². The standard InChI is InChI=1S/C10H11N5O2S/c11-3-8-1-2-10(6-14-8)18(16,17)15-9-4-12-7-13-5-9/h1-2,4-7,15H,3,11H2. The Morgan fingerprint density at radius 2 is 1.89 bits per heavy atom. The molecule has 0 unspecified atom stereocenters. The number of aromatic nitrogens is 3. The van der Waals surface area contributed by atoms with Crippen LogP contribution in [0.1, 0.15) is 5.69 Å². The normalized spacial score (nSPS) is 11.2. The third-order valence-electron chi connectivity index (χ3n) is 2.13. The van der Waals surface area contributed by atoms with E-state index in [1.807, 2.05) is 0 Å². The van der Waals surface area contributed by atoms with Crippen LogP contribution in [0.4, 0.5) is 5.69 Å². The van der Waals surface area contributed by atoms with E-state index in [9.17, 15) is 8.42 Å². The lowest BCUT2D eigenvalue weighted by Crippen LogP contribution is -2.14. The molecular formula is C10H11N5O2S. The van der Waals surface area contributed by atoms with Crippen molar-refractivity contribution >= 4 is 15.7 Å². The molecule has 2 aromatic rings. The van der Waals surface area contributed by atoms with Crippen LogP contribution >= 0.6 is 0 Å². The average molecular weight is 265 g/mol. The molecule has 0 radical (unpaired) electrons. The summed E-state index contributed by atoms with van der Waals surface area (Å²) >= 11 is 0. The second-order valence-corrected chi connectivity index (χ2v) is 5.10. The zero-order chi connectivity index (χ0) is 13.0. The molecular weight excluding hydrogens is 254 g/mol. The van der Waals surface area contributed by atoms with Crippen LogP contribution in [0.2, 0.25) is 0 Å². The number of sulfonamides is 1. The minimum atomic E-state index is -3.67. The SMILES string of the molecule is NCc1ccc(S(=O)(=O)Nc2cncnc2)cn1. The van der Waals surface area contributed by atoms with E-state index in [-0.39, 0.29) is 11.4 Å². The number of rotatable bonds is 4. The van der Waals surface area contributed by atoms with Gasteiger partial charge in [0.25, 0.3) is 10.0 Å². The molecule has 0 atom stereocenters. The summed E-state index contributed by atoms with van der Waals surface area (Å²) in [7, 11) is -3.67. The summed E-state index contributed by atoms with van der Waals surface area (Å²) in [6, 6.07) is 3.01. The third-order valence-corrected chi connectivity index (χ3v) is 3.50. The van der Waals surface area contributed by atoms with E-state index in [1.165, 1.54) is 31.0 Å². The molecule has 0 aliphatic heterocycles. The van der Waals surface area contributed by atoms with E-state index in [0.29, 0.717) is 11.4 Å². The van der Waals surface area contributed by atoms with Gasteiger partial charge in [0, 0.05) is 12.7 Å². The Morgan fingerprint density at radius 3 is 2.44 bits per heavy atom. The Kier molecular flexibility index (Phi) is 3.49. The van der Waals surface area contributed by atoms with Crippen molar-refractivity contribution in [2.75, 3.05) is 4.72 Å². The predicted octanol–water partition coefficient (Wildman–Crippen LogP) is 0.131. The maximum absolute atomic E-state index is 12.0. The van der Waals surface area contributed by atoms with Gasteiger partial charge in [0.2, 0.25) is 0 Å². The van der Waals surface area contributed by atoms with Crippen molar-refractivity contribution in [2.24, 2.45) is 5.73 Å². The predicted molar refractivity (Wildman–Crippen MR) is 65.0 cm³/mol. The Morgan fingerprint density at radius 1 is 1.17 bits per heavy atom. The zero-order valence-electron chi connectivity index (χ0n) is 9.31. The molecule has 0 bridgehead atoms. The molecule has 0 aliphatic carbocycles. The highest BCUT2D eigenvalue weighted by Crippen LogP contribution is 2.13. The lowest BCUT2D eigenvalue weighted by Gasteiger charge is -2.07. The van der Waals surface area contributed by atoms with Crippen LogP contribution in [0, 0.1) is 0 Å². The fraction of sp³-hybridized carbons (Fsp3) is 0.100. The monoisotopic (exact) mass is 265 g/mol. The second-order valence-electron chi connectivity index (χ2n) is 3.42. The number of nitrogens with zero attached hydrogens (tertiary/aromatic N) is 3. The number of nitrogens with two attached hydrogens (primary N) is 1. The van der Waals surface area contributed by atoms with Gasteiger partial charge in [-0.25, -0.2) is 18.4 Å². The molecule has 0 aliphatic rings. The first-order valence-electron chi connectivity index (χ1n) is 5.04. The maximum atomic E-state index is 12.0. The van der Waals surface area contributed by atoms with Gasteiger partial charge >= 0.3 is 0 Å². The van der Waals surface area contributed by atoms with Gasteiger partial charge in [0.1, 0.15) is 11.2 Å². The maximum Gasteiger partial charge on any atom is 0.263 e. The molecule has 2 aromatic heterocycles. The van der Waals surface area contributed by atoms with Crippen molar-refractivity contribution in [3.8, 4) is 0 Å². The van der Waals surface area contributed by atoms with Gasteiger partial charge in [-0.15, -0.1) is 0 Å². The highest BCUT2D eigenvalue weighted by molar-refractivity contribution is 7.92. The highest BCUT2D eigenvalue weighted by Gasteiger charge is 2.14. The summed E-state index contributed by atoms with van der Waals surface area (Å²) in [6.07, 6.45) is 5.31. The topological polar surface area (TPSA) is 111 Å². The number of nitrogens with one attached hydrogen (secondary N) is 1. The molecule has 2 rings (SSSR count). The van der Waals surface area contributed by atoms with Crippen LogP contribution in [0.3, 0.4) is 0 Å². The molecule has 2 heterocycles. The first-order chi connectivity index (χ1) is 8.62. The van der Waals surface area contributed by atoms with Gasteiger partial charge in [0.05, 0.1) is 23.8 Å². The number of pyridine rings is 1. The number of anilines is 1. The Hall–Kier alpha value is -2.06. The van der Waals surface area contributed by atoms with E-state index >= 15 is 0 Å². The average Bonchev–Trinajstić information content (AvgIpc) is 2.39. The smallest absolute Gasteiger partial charge is 0.263 e. The first-order valence-corrected chi connectivity index (χ1v) is 6.53. The molecule has 8 heteroatoms. The summed E-state index contributed by atoms with van der Waals surface area (Å²) in [5.41, 5.74) is 6.30. The van der Waals surface area contributed by atoms with Crippen molar-refractivity contribution in [2.45, 2.75) is 11.4 Å². The van der Waals surface area contributed by atoms with Crippen molar-refractivity contribution < 1.29 is 8.42 Å². The van der Waals surface area contributed by atoms with Crippen molar-refractivity contribution in [1.29, 1.82) is 0 Å². The molecule has 0 fully saturated rings.